The fraction of sp³-hybridized carbons (Fsp3) is 0.333. The molecule has 1 saturated heterocycles. The zero-order valence-electron chi connectivity index (χ0n) is 19.5. The minimum absolute atomic E-state index is 0. The highest BCUT2D eigenvalue weighted by Crippen LogP contribution is 2.47. The van der Waals surface area contributed by atoms with Gasteiger partial charge in [0.1, 0.15) is 35.7 Å². The maximum Gasteiger partial charge on any atom is 0.150 e. The molecule has 5 heteroatoms. The quantitative estimate of drug-likeness (QED) is 0.419. The molecule has 0 aromatic heterocycles. The van der Waals surface area contributed by atoms with E-state index >= 15 is 0 Å². The smallest absolute Gasteiger partial charge is 0.150 e. The zero-order chi connectivity index (χ0) is 23.5. The molecule has 2 heterocycles. The highest BCUT2D eigenvalue weighted by Gasteiger charge is 2.29. The molecule has 1 fully saturated rings. The zero-order valence-corrected chi connectivity index (χ0v) is 19.5. The molecule has 0 radical (unpaired) electrons. The number of hydrogen-bond acceptors (Lipinski definition) is 5. The van der Waals surface area contributed by atoms with E-state index in [0.717, 1.165) is 40.1 Å². The third-order valence-corrected chi connectivity index (χ3v) is 6.77. The molecule has 5 rings (SSSR count). The Hall–Kier alpha value is -3.44. The Kier molecular flexibility index (Phi) is 7.67. The highest BCUT2D eigenvalue weighted by atomic mass is 16.5. The van der Waals surface area contributed by atoms with Crippen LogP contribution < -0.4 is 9.47 Å². The summed E-state index contributed by atoms with van der Waals surface area (Å²) in [5, 5.41) is 19.8. The Labute approximate surface area is 208 Å². The number of ether oxygens (including phenoxy) is 2. The van der Waals surface area contributed by atoms with Gasteiger partial charge in [-0.3, -0.25) is 4.90 Å². The van der Waals surface area contributed by atoms with Crippen LogP contribution in [0.25, 0.3) is 11.1 Å². The summed E-state index contributed by atoms with van der Waals surface area (Å²) in [4.78, 5) is 2.47. The van der Waals surface area contributed by atoms with Gasteiger partial charge in [-0.15, -0.1) is 0 Å². The largest absolute Gasteiger partial charge is 0.508 e. The van der Waals surface area contributed by atoms with E-state index in [1.807, 2.05) is 42.5 Å². The lowest BCUT2D eigenvalue weighted by atomic mass is 9.86. The number of nitrogens with zero attached hydrogens (tertiary/aromatic N) is 1. The number of phenols is 2. The molecule has 3 aromatic rings. The van der Waals surface area contributed by atoms with Crippen molar-refractivity contribution in [1.82, 2.24) is 4.90 Å². The first kappa shape index (κ1) is 24.7. The maximum absolute atomic E-state index is 10.0. The molecule has 0 unspecified atom stereocenters. The summed E-state index contributed by atoms with van der Waals surface area (Å²) in [6, 6.07) is 20.5. The van der Waals surface area contributed by atoms with Crippen LogP contribution >= 0.6 is 0 Å². The molecule has 1 atom stereocenters. The molecule has 0 spiro atoms. The monoisotopic (exact) mass is 473 g/mol. The molecule has 2 N–H and O–H groups in total. The highest BCUT2D eigenvalue weighted by molar-refractivity contribution is 5.95. The minimum Gasteiger partial charge on any atom is -0.508 e. The standard InChI is InChI=1S/C29H31NO4.CH4/c1-20-26-14-11-24(32)19-27(26)34-29(28(20)21-5-9-23(31)10-6-21)22-7-12-25(13-8-22)33-18-17-30-15-3-2-4-16-30;/h5-14,19,29,31-32H,2-4,15-18H2,1H3;1H4/t29-;/m0./s1. The Morgan fingerprint density at radius 2 is 1.57 bits per heavy atom. The summed E-state index contributed by atoms with van der Waals surface area (Å²) in [5.74, 6) is 1.91. The first-order valence-corrected chi connectivity index (χ1v) is 12.0. The Bertz CT molecular complexity index is 1160. The number of rotatable bonds is 6. The predicted molar refractivity (Wildman–Crippen MR) is 141 cm³/mol. The van der Waals surface area contributed by atoms with E-state index in [1.54, 1.807) is 24.3 Å². The van der Waals surface area contributed by atoms with Crippen LogP contribution in [0.2, 0.25) is 0 Å². The first-order valence-electron chi connectivity index (χ1n) is 12.0. The third kappa shape index (κ3) is 5.46. The van der Waals surface area contributed by atoms with Crippen molar-refractivity contribution in [3.05, 3.63) is 83.4 Å². The average Bonchev–Trinajstić information content (AvgIpc) is 2.86. The molecule has 2 aliphatic rings. The number of likely N-dealkylation sites (tertiary alicyclic amines) is 1. The van der Waals surface area contributed by atoms with Crippen LogP contribution in [-0.4, -0.2) is 41.4 Å². The van der Waals surface area contributed by atoms with Crippen LogP contribution in [0.1, 0.15) is 56.4 Å². The molecule has 3 aromatic carbocycles. The van der Waals surface area contributed by atoms with Gasteiger partial charge in [0, 0.05) is 23.7 Å². The SMILES string of the molecule is C.CC1=C(c2ccc(O)cc2)[C@H](c2ccc(OCCN3CCCCC3)cc2)Oc2cc(O)ccc21. The number of benzene rings is 3. The van der Waals surface area contributed by atoms with E-state index in [2.05, 4.69) is 11.8 Å². The minimum atomic E-state index is -0.346. The van der Waals surface area contributed by atoms with E-state index in [1.165, 1.54) is 32.4 Å². The van der Waals surface area contributed by atoms with Crippen molar-refractivity contribution < 1.29 is 19.7 Å². The van der Waals surface area contributed by atoms with Crippen LogP contribution in [-0.2, 0) is 0 Å². The lowest BCUT2D eigenvalue weighted by Gasteiger charge is -2.31. The number of allylic oxidation sites excluding steroid dienone is 1. The van der Waals surface area contributed by atoms with Gasteiger partial charge in [-0.05, 0) is 86.0 Å². The third-order valence-electron chi connectivity index (χ3n) is 6.77. The second kappa shape index (κ2) is 10.9. The Balaban J connectivity index is 0.00000289. The van der Waals surface area contributed by atoms with Gasteiger partial charge in [0.05, 0.1) is 0 Å². The first-order chi connectivity index (χ1) is 16.6. The summed E-state index contributed by atoms with van der Waals surface area (Å²) in [6.07, 6.45) is 3.56. The Morgan fingerprint density at radius 3 is 2.29 bits per heavy atom. The van der Waals surface area contributed by atoms with Crippen molar-refractivity contribution in [1.29, 1.82) is 0 Å². The van der Waals surface area contributed by atoms with Gasteiger partial charge in [0.2, 0.25) is 0 Å². The average molecular weight is 474 g/mol. The van der Waals surface area contributed by atoms with Crippen LogP contribution in [0.3, 0.4) is 0 Å². The van der Waals surface area contributed by atoms with E-state index in [0.29, 0.717) is 12.4 Å². The van der Waals surface area contributed by atoms with E-state index < -0.39 is 0 Å². The second-order valence-corrected chi connectivity index (χ2v) is 9.08. The lowest BCUT2D eigenvalue weighted by Crippen LogP contribution is -2.33. The number of aromatic hydroxyl groups is 2. The number of piperidine rings is 1. The summed E-state index contributed by atoms with van der Waals surface area (Å²) in [7, 11) is 0. The lowest BCUT2D eigenvalue weighted by molar-refractivity contribution is 0.183. The summed E-state index contributed by atoms with van der Waals surface area (Å²) in [6.45, 7) is 6.06. The van der Waals surface area contributed by atoms with E-state index in [-0.39, 0.29) is 25.0 Å². The van der Waals surface area contributed by atoms with Crippen LogP contribution in [0.15, 0.2) is 66.7 Å². The van der Waals surface area contributed by atoms with E-state index in [9.17, 15) is 10.2 Å². The second-order valence-electron chi connectivity index (χ2n) is 9.08. The van der Waals surface area contributed by atoms with Crippen molar-refractivity contribution in [3.63, 3.8) is 0 Å². The number of phenolic OH excluding ortho intramolecular Hbond substituents is 2. The molecule has 0 saturated carbocycles. The molecule has 184 valence electrons. The Morgan fingerprint density at radius 1 is 0.886 bits per heavy atom. The van der Waals surface area contributed by atoms with Crippen LogP contribution in [0.5, 0.6) is 23.0 Å². The van der Waals surface area contributed by atoms with E-state index in [4.69, 9.17) is 9.47 Å². The van der Waals surface area contributed by atoms with Crippen molar-refractivity contribution in [3.8, 4) is 23.0 Å². The van der Waals surface area contributed by atoms with Gasteiger partial charge in [0.15, 0.2) is 0 Å². The fourth-order valence-electron chi connectivity index (χ4n) is 4.90. The van der Waals surface area contributed by atoms with Gasteiger partial charge < -0.3 is 19.7 Å². The fourth-order valence-corrected chi connectivity index (χ4v) is 4.90. The topological polar surface area (TPSA) is 62.2 Å². The summed E-state index contributed by atoms with van der Waals surface area (Å²) in [5.41, 5.74) is 5.06. The van der Waals surface area contributed by atoms with Crippen LogP contribution in [0, 0.1) is 0 Å². The summed E-state index contributed by atoms with van der Waals surface area (Å²) < 4.78 is 12.5. The molecule has 35 heavy (non-hydrogen) atoms. The summed E-state index contributed by atoms with van der Waals surface area (Å²) >= 11 is 0. The maximum atomic E-state index is 10.0. The number of fused-ring (bicyclic) bond motifs is 1. The van der Waals surface area contributed by atoms with Gasteiger partial charge in [0.25, 0.3) is 0 Å². The van der Waals surface area contributed by atoms with Crippen molar-refractivity contribution >= 4 is 11.1 Å². The number of hydrogen-bond donors (Lipinski definition) is 2. The van der Waals surface area contributed by atoms with Gasteiger partial charge in [-0.1, -0.05) is 38.1 Å². The molecule has 0 amide bonds. The molecule has 2 aliphatic heterocycles. The molecule has 0 bridgehead atoms. The predicted octanol–water partition coefficient (Wildman–Crippen LogP) is 6.66. The molecule has 5 nitrogen and oxygen atoms in total. The van der Waals surface area contributed by atoms with Gasteiger partial charge >= 0.3 is 0 Å². The molecular weight excluding hydrogens is 438 g/mol. The van der Waals surface area contributed by atoms with Gasteiger partial charge in [-0.25, -0.2) is 0 Å². The van der Waals surface area contributed by atoms with Crippen LogP contribution in [0.4, 0.5) is 0 Å². The normalized spacial score (nSPS) is 17.8. The van der Waals surface area contributed by atoms with Crippen molar-refractivity contribution in [2.24, 2.45) is 0 Å². The molecular formula is C30H35NO4. The van der Waals surface area contributed by atoms with Crippen molar-refractivity contribution in [2.75, 3.05) is 26.2 Å². The molecule has 0 aliphatic carbocycles. The van der Waals surface area contributed by atoms with Crippen molar-refractivity contribution in [2.45, 2.75) is 39.7 Å². The van der Waals surface area contributed by atoms with Gasteiger partial charge in [-0.2, -0.15) is 0 Å².